The Morgan fingerprint density at radius 3 is 2.30 bits per heavy atom. The normalized spacial score (nSPS) is 18.5. The summed E-state index contributed by atoms with van der Waals surface area (Å²) in [6, 6.07) is 16.8. The van der Waals surface area contributed by atoms with Crippen molar-refractivity contribution in [1.29, 1.82) is 0 Å². The Morgan fingerprint density at radius 1 is 0.939 bits per heavy atom. The molecule has 3 aromatic carbocycles. The molecular formula is C24H19Cl4N3O2. The van der Waals surface area contributed by atoms with E-state index in [1.807, 2.05) is 6.92 Å². The van der Waals surface area contributed by atoms with Crippen molar-refractivity contribution in [3.63, 3.8) is 0 Å². The fraction of sp³-hybridized carbons (Fsp3) is 0.167. The molecule has 1 aliphatic rings. The largest absolute Gasteiger partial charge is 0.399 e. The van der Waals surface area contributed by atoms with E-state index in [4.69, 9.17) is 52.1 Å². The van der Waals surface area contributed by atoms with Crippen LogP contribution in [0.1, 0.15) is 27.4 Å². The molecule has 0 heterocycles. The van der Waals surface area contributed by atoms with Gasteiger partial charge in [-0.1, -0.05) is 29.3 Å². The quantitative estimate of drug-likeness (QED) is 0.258. The van der Waals surface area contributed by atoms with Crippen LogP contribution in [0.5, 0.6) is 0 Å². The van der Waals surface area contributed by atoms with Crippen molar-refractivity contribution in [1.82, 2.24) is 0 Å². The summed E-state index contributed by atoms with van der Waals surface area (Å²) in [5, 5.41) is 6.51. The van der Waals surface area contributed by atoms with Gasteiger partial charge in [0.15, 0.2) is 0 Å². The summed E-state index contributed by atoms with van der Waals surface area (Å²) in [7, 11) is 0. The molecule has 1 saturated carbocycles. The van der Waals surface area contributed by atoms with Gasteiger partial charge in [0.2, 0.25) is 5.91 Å². The second kappa shape index (κ2) is 9.07. The minimum Gasteiger partial charge on any atom is -0.399 e. The Labute approximate surface area is 211 Å². The smallest absolute Gasteiger partial charge is 0.255 e. The van der Waals surface area contributed by atoms with Crippen molar-refractivity contribution in [2.75, 3.05) is 16.4 Å². The van der Waals surface area contributed by atoms with E-state index in [-0.39, 0.29) is 11.8 Å². The van der Waals surface area contributed by atoms with Crippen LogP contribution >= 0.6 is 46.4 Å². The molecule has 2 atom stereocenters. The molecule has 0 radical (unpaired) electrons. The number of hydrogen-bond acceptors (Lipinski definition) is 3. The topological polar surface area (TPSA) is 84.2 Å². The summed E-state index contributed by atoms with van der Waals surface area (Å²) in [6.07, 6.45) is 0. The zero-order valence-corrected chi connectivity index (χ0v) is 20.4. The first kappa shape index (κ1) is 23.7. The van der Waals surface area contributed by atoms with Gasteiger partial charge in [-0.2, -0.15) is 0 Å². The van der Waals surface area contributed by atoms with Crippen LogP contribution in [0, 0.1) is 12.8 Å². The van der Waals surface area contributed by atoms with E-state index < -0.39 is 16.2 Å². The molecule has 0 bridgehead atoms. The maximum atomic E-state index is 12.9. The molecule has 2 amide bonds. The van der Waals surface area contributed by atoms with Crippen LogP contribution in [-0.2, 0) is 4.79 Å². The van der Waals surface area contributed by atoms with Crippen molar-refractivity contribution in [3.05, 3.63) is 87.4 Å². The maximum absolute atomic E-state index is 12.9. The molecule has 0 saturated heterocycles. The number of nitrogens with two attached hydrogens (primary N) is 1. The first-order chi connectivity index (χ1) is 15.6. The van der Waals surface area contributed by atoms with Crippen molar-refractivity contribution >= 4 is 75.3 Å². The summed E-state index contributed by atoms with van der Waals surface area (Å²) >= 11 is 25.0. The van der Waals surface area contributed by atoms with Gasteiger partial charge in [0.1, 0.15) is 4.33 Å². The van der Waals surface area contributed by atoms with Crippen LogP contribution in [0.4, 0.5) is 17.1 Å². The van der Waals surface area contributed by atoms with E-state index in [0.717, 1.165) is 5.56 Å². The fourth-order valence-corrected chi connectivity index (χ4v) is 5.17. The highest BCUT2D eigenvalue weighted by atomic mass is 35.5. The molecular weight excluding hydrogens is 504 g/mol. The molecule has 0 spiro atoms. The maximum Gasteiger partial charge on any atom is 0.255 e. The van der Waals surface area contributed by atoms with Crippen molar-refractivity contribution in [2.24, 2.45) is 5.92 Å². The van der Waals surface area contributed by atoms with Crippen molar-refractivity contribution in [3.8, 4) is 0 Å². The fourth-order valence-electron chi connectivity index (χ4n) is 3.80. The molecule has 0 aliphatic heterocycles. The van der Waals surface area contributed by atoms with Gasteiger partial charge in [0.05, 0.1) is 5.92 Å². The number of anilines is 3. The molecule has 4 rings (SSSR count). The number of rotatable bonds is 5. The Bertz CT molecular complexity index is 1240. The van der Waals surface area contributed by atoms with E-state index in [9.17, 15) is 9.59 Å². The van der Waals surface area contributed by atoms with E-state index in [1.54, 1.807) is 60.7 Å². The lowest BCUT2D eigenvalue weighted by atomic mass is 10.1. The van der Waals surface area contributed by atoms with Crippen LogP contribution in [0.25, 0.3) is 0 Å². The predicted octanol–water partition coefficient (Wildman–Crippen LogP) is 6.66. The first-order valence-corrected chi connectivity index (χ1v) is 11.5. The number of alkyl halides is 2. The molecule has 5 nitrogen and oxygen atoms in total. The Hall–Kier alpha value is -2.44. The highest BCUT2D eigenvalue weighted by Gasteiger charge is 2.67. The van der Waals surface area contributed by atoms with Crippen LogP contribution in [0.15, 0.2) is 60.7 Å². The average molecular weight is 523 g/mol. The van der Waals surface area contributed by atoms with Gasteiger partial charge in [-0.25, -0.2) is 0 Å². The average Bonchev–Trinajstić information content (AvgIpc) is 3.31. The third-order valence-electron chi connectivity index (χ3n) is 5.47. The number of aryl methyl sites for hydroxylation is 1. The molecule has 170 valence electrons. The Balaban J connectivity index is 1.48. The van der Waals surface area contributed by atoms with Crippen LogP contribution in [0.3, 0.4) is 0 Å². The van der Waals surface area contributed by atoms with Gasteiger partial charge in [0.25, 0.3) is 5.91 Å². The number of benzene rings is 3. The summed E-state index contributed by atoms with van der Waals surface area (Å²) in [6.45, 7) is 1.85. The van der Waals surface area contributed by atoms with Gasteiger partial charge >= 0.3 is 0 Å². The predicted molar refractivity (Wildman–Crippen MR) is 136 cm³/mol. The third kappa shape index (κ3) is 5.07. The minimum atomic E-state index is -1.29. The molecule has 4 N–H and O–H groups in total. The number of halogens is 4. The van der Waals surface area contributed by atoms with Gasteiger partial charge in [0, 0.05) is 38.6 Å². The number of hydrogen-bond donors (Lipinski definition) is 3. The van der Waals surface area contributed by atoms with E-state index in [0.29, 0.717) is 38.2 Å². The number of nitrogen functional groups attached to an aromatic ring is 1. The van der Waals surface area contributed by atoms with Crippen LogP contribution in [-0.4, -0.2) is 16.1 Å². The highest BCUT2D eigenvalue weighted by molar-refractivity contribution is 6.53. The van der Waals surface area contributed by atoms with Gasteiger partial charge in [-0.15, -0.1) is 23.2 Å². The van der Waals surface area contributed by atoms with Crippen LogP contribution in [0.2, 0.25) is 10.0 Å². The summed E-state index contributed by atoms with van der Waals surface area (Å²) in [5.41, 5.74) is 9.37. The van der Waals surface area contributed by atoms with E-state index in [2.05, 4.69) is 10.6 Å². The monoisotopic (exact) mass is 521 g/mol. The van der Waals surface area contributed by atoms with E-state index >= 15 is 0 Å². The number of nitrogens with one attached hydrogen (secondary N) is 2. The molecule has 3 aromatic rings. The molecule has 1 aliphatic carbocycles. The molecule has 1 fully saturated rings. The molecule has 9 heteroatoms. The van der Waals surface area contributed by atoms with Crippen LogP contribution < -0.4 is 16.4 Å². The Kier molecular flexibility index (Phi) is 6.52. The standard InChI is InChI=1S/C24H19Cl4N3O2/c1-12-7-17(29)5-6-19(12)31-22(32)13-3-2-4-18(10-13)30-23(33)21-20(24(21,27)28)14-8-15(25)11-16(26)9-14/h2-11,20-21H,29H2,1H3,(H,30,33)(H,31,32)/t20-,21+/m1/s1. The minimum absolute atomic E-state index is 0.319. The summed E-state index contributed by atoms with van der Waals surface area (Å²) in [4.78, 5) is 25.7. The summed E-state index contributed by atoms with van der Waals surface area (Å²) in [5.74, 6) is -1.85. The van der Waals surface area contributed by atoms with Gasteiger partial charge in [-0.05, 0) is 72.6 Å². The molecule has 0 aromatic heterocycles. The van der Waals surface area contributed by atoms with Gasteiger partial charge < -0.3 is 16.4 Å². The zero-order chi connectivity index (χ0) is 23.9. The van der Waals surface area contributed by atoms with Crippen molar-refractivity contribution in [2.45, 2.75) is 17.2 Å². The lowest BCUT2D eigenvalue weighted by Gasteiger charge is -2.11. The van der Waals surface area contributed by atoms with Gasteiger partial charge in [-0.3, -0.25) is 9.59 Å². The van der Waals surface area contributed by atoms with Crippen molar-refractivity contribution < 1.29 is 9.59 Å². The first-order valence-electron chi connectivity index (χ1n) is 9.98. The number of carbonyl (C=O) groups is 2. The lowest BCUT2D eigenvalue weighted by Crippen LogP contribution is -2.18. The SMILES string of the molecule is Cc1cc(N)ccc1NC(=O)c1cccc(NC(=O)[C@@H]2[C@@H](c3cc(Cl)cc(Cl)c3)C2(Cl)Cl)c1. The number of carbonyl (C=O) groups excluding carboxylic acids is 2. The highest BCUT2D eigenvalue weighted by Crippen LogP contribution is 2.65. The zero-order valence-electron chi connectivity index (χ0n) is 17.3. The van der Waals surface area contributed by atoms with E-state index in [1.165, 1.54) is 0 Å². The lowest BCUT2D eigenvalue weighted by molar-refractivity contribution is -0.117. The summed E-state index contributed by atoms with van der Waals surface area (Å²) < 4.78 is -1.29. The number of amides is 2. The molecule has 0 unspecified atom stereocenters. The second-order valence-electron chi connectivity index (χ2n) is 7.93. The molecule has 33 heavy (non-hydrogen) atoms. The second-order valence-corrected chi connectivity index (χ2v) is 10.2. The third-order valence-corrected chi connectivity index (χ3v) is 6.85. The Morgan fingerprint density at radius 2 is 1.64 bits per heavy atom.